The predicted molar refractivity (Wildman–Crippen MR) is 72.7 cm³/mol. The number of likely N-dealkylation sites (tertiary alicyclic amines) is 2. The first-order valence-electron chi connectivity index (χ1n) is 7.79. The highest BCUT2D eigenvalue weighted by Crippen LogP contribution is 2.51. The Morgan fingerprint density at radius 2 is 1.75 bits per heavy atom. The maximum atomic E-state index is 13.2. The Balaban J connectivity index is 1.69. The van der Waals surface area contributed by atoms with Gasteiger partial charge < -0.3 is 9.80 Å². The number of alkyl halides is 2. The minimum Gasteiger partial charge on any atom is -0.336 e. The molecule has 0 bridgehead atoms. The number of hydrogen-bond donors (Lipinski definition) is 0. The Morgan fingerprint density at radius 3 is 2.25 bits per heavy atom. The van der Waals surface area contributed by atoms with Gasteiger partial charge in [-0.2, -0.15) is 0 Å². The van der Waals surface area contributed by atoms with Gasteiger partial charge in [0, 0.05) is 37.6 Å². The molecule has 114 valence electrons. The molecule has 1 spiro atoms. The first-order valence-corrected chi connectivity index (χ1v) is 7.79. The lowest BCUT2D eigenvalue weighted by Crippen LogP contribution is -2.55. The topological polar surface area (TPSA) is 23.6 Å². The van der Waals surface area contributed by atoms with E-state index in [-0.39, 0.29) is 17.9 Å². The molecule has 20 heavy (non-hydrogen) atoms. The summed E-state index contributed by atoms with van der Waals surface area (Å²) in [6.45, 7) is 6.98. The summed E-state index contributed by atoms with van der Waals surface area (Å²) < 4.78 is 26.3. The summed E-state index contributed by atoms with van der Waals surface area (Å²) in [4.78, 5) is 16.6. The van der Waals surface area contributed by atoms with Gasteiger partial charge in [0.2, 0.25) is 5.91 Å². The Kier molecular flexibility index (Phi) is 3.31. The maximum Gasteiger partial charge on any atom is 0.260 e. The van der Waals surface area contributed by atoms with Gasteiger partial charge in [-0.3, -0.25) is 4.79 Å². The van der Waals surface area contributed by atoms with Crippen LogP contribution in [0.5, 0.6) is 0 Å². The molecule has 2 saturated heterocycles. The quantitative estimate of drug-likeness (QED) is 0.778. The summed E-state index contributed by atoms with van der Waals surface area (Å²) in [5.41, 5.74) is -0.124. The maximum absolute atomic E-state index is 13.2. The average Bonchev–Trinajstić information content (AvgIpc) is 2.85. The summed E-state index contributed by atoms with van der Waals surface area (Å²) in [6.07, 6.45) is 3.59. The van der Waals surface area contributed by atoms with Crippen molar-refractivity contribution in [3.8, 4) is 0 Å². The van der Waals surface area contributed by atoms with Gasteiger partial charge in [-0.25, -0.2) is 8.78 Å². The van der Waals surface area contributed by atoms with Crippen molar-refractivity contribution in [3.05, 3.63) is 0 Å². The molecular formula is C15H24F2N2O. The Labute approximate surface area is 119 Å². The molecule has 1 saturated carbocycles. The van der Waals surface area contributed by atoms with E-state index in [2.05, 4.69) is 18.7 Å². The fraction of sp³-hybridized carbons (Fsp3) is 0.933. The van der Waals surface area contributed by atoms with Crippen molar-refractivity contribution in [1.29, 1.82) is 0 Å². The second-order valence-corrected chi connectivity index (χ2v) is 6.97. The standard InChI is InChI=1S/C15H24F2N2O/c1-11(2)18-8-5-14(6-9-18)4-3-7-19(14)13(20)12-10-15(12,16)17/h11-12H,3-10H2,1-2H3. The number of hydrogen-bond acceptors (Lipinski definition) is 2. The van der Waals surface area contributed by atoms with E-state index in [1.165, 1.54) is 0 Å². The highest BCUT2D eigenvalue weighted by Gasteiger charge is 2.64. The van der Waals surface area contributed by atoms with E-state index in [4.69, 9.17) is 0 Å². The molecule has 0 aromatic carbocycles. The second kappa shape index (κ2) is 4.65. The van der Waals surface area contributed by atoms with E-state index in [0.29, 0.717) is 12.6 Å². The molecule has 3 aliphatic rings. The van der Waals surface area contributed by atoms with Crippen LogP contribution in [0.2, 0.25) is 0 Å². The van der Waals surface area contributed by atoms with Crippen molar-refractivity contribution in [2.24, 2.45) is 5.92 Å². The van der Waals surface area contributed by atoms with Crippen molar-refractivity contribution in [2.75, 3.05) is 19.6 Å². The molecule has 5 heteroatoms. The van der Waals surface area contributed by atoms with Crippen molar-refractivity contribution in [1.82, 2.24) is 9.80 Å². The van der Waals surface area contributed by atoms with Crippen molar-refractivity contribution < 1.29 is 13.6 Å². The minimum absolute atomic E-state index is 0.124. The molecular weight excluding hydrogens is 262 g/mol. The number of piperidine rings is 1. The lowest BCUT2D eigenvalue weighted by molar-refractivity contribution is -0.141. The summed E-state index contributed by atoms with van der Waals surface area (Å²) >= 11 is 0. The average molecular weight is 286 g/mol. The Morgan fingerprint density at radius 1 is 1.15 bits per heavy atom. The first kappa shape index (κ1) is 14.2. The number of carbonyl (C=O) groups is 1. The number of nitrogens with zero attached hydrogens (tertiary/aromatic N) is 2. The largest absolute Gasteiger partial charge is 0.336 e. The molecule has 3 nitrogen and oxygen atoms in total. The number of amides is 1. The van der Waals surface area contributed by atoms with Crippen LogP contribution in [0.25, 0.3) is 0 Å². The van der Waals surface area contributed by atoms with Gasteiger partial charge >= 0.3 is 0 Å². The zero-order valence-corrected chi connectivity index (χ0v) is 12.4. The lowest BCUT2D eigenvalue weighted by atomic mass is 9.84. The molecule has 3 rings (SSSR count). The van der Waals surface area contributed by atoms with E-state index in [1.54, 1.807) is 0 Å². The third-order valence-electron chi connectivity index (χ3n) is 5.45. The highest BCUT2D eigenvalue weighted by molar-refractivity contribution is 5.84. The summed E-state index contributed by atoms with van der Waals surface area (Å²) in [5.74, 6) is -4.05. The molecule has 3 fully saturated rings. The number of carbonyl (C=O) groups excluding carboxylic acids is 1. The molecule has 0 aromatic heterocycles. The second-order valence-electron chi connectivity index (χ2n) is 6.97. The van der Waals surface area contributed by atoms with Crippen molar-refractivity contribution >= 4 is 5.91 Å². The Hall–Kier alpha value is -0.710. The third-order valence-corrected chi connectivity index (χ3v) is 5.45. The van der Waals surface area contributed by atoms with Crippen LogP contribution in [0.3, 0.4) is 0 Å². The van der Waals surface area contributed by atoms with Crippen LogP contribution in [0.15, 0.2) is 0 Å². The molecule has 1 unspecified atom stereocenters. The molecule has 2 heterocycles. The zero-order chi connectivity index (χ0) is 14.5. The van der Waals surface area contributed by atoms with Gasteiger partial charge in [0.15, 0.2) is 0 Å². The molecule has 0 radical (unpaired) electrons. The van der Waals surface area contributed by atoms with E-state index >= 15 is 0 Å². The molecule has 0 N–H and O–H groups in total. The number of rotatable bonds is 2. The monoisotopic (exact) mass is 286 g/mol. The number of halogens is 2. The zero-order valence-electron chi connectivity index (χ0n) is 12.4. The third kappa shape index (κ3) is 2.24. The van der Waals surface area contributed by atoms with Crippen LogP contribution in [0.1, 0.15) is 46.0 Å². The van der Waals surface area contributed by atoms with E-state index in [1.807, 2.05) is 4.90 Å². The van der Waals surface area contributed by atoms with Gasteiger partial charge in [0.25, 0.3) is 5.92 Å². The van der Waals surface area contributed by atoms with Crippen LogP contribution >= 0.6 is 0 Å². The fourth-order valence-electron chi connectivity index (χ4n) is 3.93. The predicted octanol–water partition coefficient (Wildman–Crippen LogP) is 2.51. The molecule has 1 aliphatic carbocycles. The molecule has 0 aromatic rings. The van der Waals surface area contributed by atoms with Gasteiger partial charge in [0.05, 0.1) is 0 Å². The minimum atomic E-state index is -2.74. The lowest BCUT2D eigenvalue weighted by Gasteiger charge is -2.46. The van der Waals surface area contributed by atoms with E-state index in [9.17, 15) is 13.6 Å². The first-order chi connectivity index (χ1) is 9.36. The SMILES string of the molecule is CC(C)N1CCC2(CCCN2C(=O)C2CC2(F)F)CC1. The summed E-state index contributed by atoms with van der Waals surface area (Å²) in [5, 5.41) is 0. The highest BCUT2D eigenvalue weighted by atomic mass is 19.3. The molecule has 2 aliphatic heterocycles. The van der Waals surface area contributed by atoms with Crippen molar-refractivity contribution in [3.63, 3.8) is 0 Å². The van der Waals surface area contributed by atoms with Gasteiger partial charge in [-0.1, -0.05) is 0 Å². The van der Waals surface area contributed by atoms with Crippen LogP contribution in [0, 0.1) is 5.92 Å². The molecule has 1 amide bonds. The van der Waals surface area contributed by atoms with Crippen LogP contribution in [-0.4, -0.2) is 52.8 Å². The Bertz CT molecular complexity index is 403. The van der Waals surface area contributed by atoms with Crippen LogP contribution in [-0.2, 0) is 4.79 Å². The van der Waals surface area contributed by atoms with Crippen LogP contribution < -0.4 is 0 Å². The summed E-state index contributed by atoms with van der Waals surface area (Å²) in [6, 6.07) is 0.519. The van der Waals surface area contributed by atoms with E-state index < -0.39 is 11.8 Å². The summed E-state index contributed by atoms with van der Waals surface area (Å²) in [7, 11) is 0. The van der Waals surface area contributed by atoms with Gasteiger partial charge in [0.1, 0.15) is 5.92 Å². The smallest absolute Gasteiger partial charge is 0.260 e. The van der Waals surface area contributed by atoms with Gasteiger partial charge in [-0.15, -0.1) is 0 Å². The normalized spacial score (nSPS) is 32.0. The molecule has 1 atom stereocenters. The van der Waals surface area contributed by atoms with Crippen molar-refractivity contribution in [2.45, 2.75) is 63.5 Å². The fourth-order valence-corrected chi connectivity index (χ4v) is 3.93. The van der Waals surface area contributed by atoms with Gasteiger partial charge in [-0.05, 0) is 39.5 Å². The van der Waals surface area contributed by atoms with E-state index in [0.717, 1.165) is 38.8 Å². The van der Waals surface area contributed by atoms with Crippen LogP contribution in [0.4, 0.5) is 8.78 Å².